The van der Waals surface area contributed by atoms with Gasteiger partial charge in [-0.2, -0.15) is 13.2 Å². The zero-order valence-electron chi connectivity index (χ0n) is 13.6. The first-order chi connectivity index (χ1) is 12.1. The maximum absolute atomic E-state index is 13.0. The van der Waals surface area contributed by atoms with Crippen LogP contribution in [0.5, 0.6) is 5.75 Å². The molecule has 0 bridgehead atoms. The fourth-order valence-corrected chi connectivity index (χ4v) is 4.01. The summed E-state index contributed by atoms with van der Waals surface area (Å²) in [5.41, 5.74) is -1.08. The lowest BCUT2D eigenvalue weighted by Gasteiger charge is -2.24. The van der Waals surface area contributed by atoms with Crippen molar-refractivity contribution in [3.05, 3.63) is 65.7 Å². The van der Waals surface area contributed by atoms with Gasteiger partial charge in [0.25, 0.3) is 10.0 Å². The number of alkyl halides is 3. The smallest absolute Gasteiger partial charge is 0.416 e. The number of nitrogens with zero attached hydrogens (tertiary/aromatic N) is 1. The SMILES string of the molecule is C=CCN(c1cccc(C(F)(F)F)c1)S(=O)(=O)c1ccc(OC)c(Cl)c1. The Morgan fingerprint density at radius 1 is 1.23 bits per heavy atom. The normalized spacial score (nSPS) is 11.9. The summed E-state index contributed by atoms with van der Waals surface area (Å²) in [5, 5.41) is 0.0659. The lowest BCUT2D eigenvalue weighted by molar-refractivity contribution is -0.137. The van der Waals surface area contributed by atoms with Crippen molar-refractivity contribution in [2.24, 2.45) is 0 Å². The van der Waals surface area contributed by atoms with Gasteiger partial charge in [-0.25, -0.2) is 8.42 Å². The maximum Gasteiger partial charge on any atom is 0.416 e. The second kappa shape index (κ2) is 7.59. The molecule has 0 spiro atoms. The van der Waals surface area contributed by atoms with Crippen molar-refractivity contribution in [2.75, 3.05) is 18.0 Å². The van der Waals surface area contributed by atoms with E-state index in [4.69, 9.17) is 16.3 Å². The van der Waals surface area contributed by atoms with E-state index in [0.29, 0.717) is 0 Å². The van der Waals surface area contributed by atoms with E-state index in [-0.39, 0.29) is 27.9 Å². The molecule has 0 unspecified atom stereocenters. The van der Waals surface area contributed by atoms with Gasteiger partial charge in [-0.15, -0.1) is 6.58 Å². The van der Waals surface area contributed by atoms with Crippen LogP contribution in [-0.2, 0) is 16.2 Å². The molecule has 0 amide bonds. The lowest BCUT2D eigenvalue weighted by atomic mass is 10.2. The van der Waals surface area contributed by atoms with Gasteiger partial charge >= 0.3 is 6.18 Å². The van der Waals surface area contributed by atoms with Gasteiger partial charge < -0.3 is 4.74 Å². The lowest BCUT2D eigenvalue weighted by Crippen LogP contribution is -2.31. The van der Waals surface area contributed by atoms with Crippen molar-refractivity contribution in [3.8, 4) is 5.75 Å². The molecule has 0 aliphatic carbocycles. The van der Waals surface area contributed by atoms with E-state index in [9.17, 15) is 21.6 Å². The van der Waals surface area contributed by atoms with Crippen molar-refractivity contribution < 1.29 is 26.3 Å². The molecule has 140 valence electrons. The molecule has 9 heteroatoms. The largest absolute Gasteiger partial charge is 0.495 e. The first-order valence-corrected chi connectivity index (χ1v) is 9.07. The molecule has 0 saturated heterocycles. The minimum absolute atomic E-state index is 0.0659. The molecule has 0 radical (unpaired) electrons. The highest BCUT2D eigenvalue weighted by atomic mass is 35.5. The first kappa shape index (κ1) is 20.1. The van der Waals surface area contributed by atoms with Crippen LogP contribution in [0.25, 0.3) is 0 Å². The Morgan fingerprint density at radius 3 is 2.46 bits per heavy atom. The quantitative estimate of drug-likeness (QED) is 0.651. The van der Waals surface area contributed by atoms with Gasteiger partial charge in [-0.3, -0.25) is 4.31 Å². The second-order valence-electron chi connectivity index (χ2n) is 5.17. The molecule has 0 fully saturated rings. The van der Waals surface area contributed by atoms with Gasteiger partial charge in [0.05, 0.1) is 34.8 Å². The van der Waals surface area contributed by atoms with Gasteiger partial charge in [0, 0.05) is 0 Å². The second-order valence-corrected chi connectivity index (χ2v) is 7.44. The molecular formula is C17H15ClF3NO3S. The number of hydrogen-bond donors (Lipinski definition) is 0. The minimum atomic E-state index is -4.59. The summed E-state index contributed by atoms with van der Waals surface area (Å²) in [4.78, 5) is -0.178. The van der Waals surface area contributed by atoms with Crippen molar-refractivity contribution >= 4 is 27.3 Å². The summed E-state index contributed by atoms with van der Waals surface area (Å²) in [6.45, 7) is 3.26. The Kier molecular flexibility index (Phi) is 5.87. The molecule has 2 aromatic carbocycles. The van der Waals surface area contributed by atoms with Gasteiger partial charge in [0.15, 0.2) is 0 Å². The molecule has 0 aliphatic rings. The van der Waals surface area contributed by atoms with Crippen LogP contribution in [0.1, 0.15) is 5.56 Å². The van der Waals surface area contributed by atoms with Crippen LogP contribution in [0.4, 0.5) is 18.9 Å². The molecule has 0 heterocycles. The molecular weight excluding hydrogens is 391 g/mol. The number of sulfonamides is 1. The third-order valence-corrected chi connectivity index (χ3v) is 5.55. The topological polar surface area (TPSA) is 46.6 Å². The number of anilines is 1. The highest BCUT2D eigenvalue weighted by Crippen LogP contribution is 2.34. The van der Waals surface area contributed by atoms with Crippen molar-refractivity contribution in [1.82, 2.24) is 0 Å². The molecule has 0 aromatic heterocycles. The Hall–Kier alpha value is -2.19. The predicted molar refractivity (Wildman–Crippen MR) is 94.2 cm³/mol. The highest BCUT2D eigenvalue weighted by molar-refractivity contribution is 7.92. The average Bonchev–Trinajstić information content (AvgIpc) is 2.58. The summed E-state index contributed by atoms with van der Waals surface area (Å²) < 4.78 is 70.5. The van der Waals surface area contributed by atoms with Crippen LogP contribution >= 0.6 is 11.6 Å². The Bertz CT molecular complexity index is 914. The third kappa shape index (κ3) is 4.13. The van der Waals surface area contributed by atoms with E-state index in [1.807, 2.05) is 0 Å². The predicted octanol–water partition coefficient (Wildman–Crippen LogP) is 4.75. The molecule has 4 nitrogen and oxygen atoms in total. The van der Waals surface area contributed by atoms with Gasteiger partial charge in [-0.1, -0.05) is 23.7 Å². The van der Waals surface area contributed by atoms with Gasteiger partial charge in [0.1, 0.15) is 5.75 Å². The Morgan fingerprint density at radius 2 is 1.92 bits per heavy atom. The summed E-state index contributed by atoms with van der Waals surface area (Å²) in [7, 11) is -2.79. The molecule has 0 aliphatic heterocycles. The average molecular weight is 406 g/mol. The molecule has 0 atom stereocenters. The molecule has 2 aromatic rings. The number of benzene rings is 2. The number of halogens is 4. The van der Waals surface area contributed by atoms with Crippen LogP contribution in [0.15, 0.2) is 60.0 Å². The first-order valence-electron chi connectivity index (χ1n) is 7.25. The highest BCUT2D eigenvalue weighted by Gasteiger charge is 2.32. The molecule has 2 rings (SSSR count). The van der Waals surface area contributed by atoms with Crippen molar-refractivity contribution in [2.45, 2.75) is 11.1 Å². The summed E-state index contributed by atoms with van der Waals surface area (Å²) in [6, 6.07) is 7.88. The van der Waals surface area contributed by atoms with Crippen LogP contribution in [0.2, 0.25) is 5.02 Å². The van der Waals surface area contributed by atoms with E-state index in [1.165, 1.54) is 37.5 Å². The van der Waals surface area contributed by atoms with Crippen LogP contribution in [0, 0.1) is 0 Å². The fraction of sp³-hybridized carbons (Fsp3) is 0.176. The molecule has 26 heavy (non-hydrogen) atoms. The number of hydrogen-bond acceptors (Lipinski definition) is 3. The van der Waals surface area contributed by atoms with E-state index < -0.39 is 21.8 Å². The zero-order valence-corrected chi connectivity index (χ0v) is 15.2. The van der Waals surface area contributed by atoms with Crippen LogP contribution in [0.3, 0.4) is 0 Å². The third-order valence-electron chi connectivity index (χ3n) is 3.47. The summed E-state index contributed by atoms with van der Waals surface area (Å²) in [6.07, 6.45) is -3.31. The number of methoxy groups -OCH3 is 1. The van der Waals surface area contributed by atoms with E-state index in [0.717, 1.165) is 22.5 Å². The number of ether oxygens (including phenoxy) is 1. The van der Waals surface area contributed by atoms with E-state index in [2.05, 4.69) is 6.58 Å². The van der Waals surface area contributed by atoms with E-state index in [1.54, 1.807) is 0 Å². The van der Waals surface area contributed by atoms with E-state index >= 15 is 0 Å². The van der Waals surface area contributed by atoms with Crippen molar-refractivity contribution in [3.63, 3.8) is 0 Å². The standard InChI is InChI=1S/C17H15ClF3NO3S/c1-3-9-22(13-6-4-5-12(10-13)17(19,20)21)26(23,24)14-7-8-16(25-2)15(18)11-14/h3-8,10-11H,1,9H2,2H3. The summed E-state index contributed by atoms with van der Waals surface area (Å²) >= 11 is 5.97. The van der Waals surface area contributed by atoms with Gasteiger partial charge in [0.2, 0.25) is 0 Å². The Labute approximate surface area is 154 Å². The number of rotatable bonds is 6. The van der Waals surface area contributed by atoms with Crippen molar-refractivity contribution in [1.29, 1.82) is 0 Å². The molecule has 0 saturated carbocycles. The zero-order chi connectivity index (χ0) is 19.5. The van der Waals surface area contributed by atoms with Gasteiger partial charge in [-0.05, 0) is 36.4 Å². The fourth-order valence-electron chi connectivity index (χ4n) is 2.23. The van der Waals surface area contributed by atoms with Crippen LogP contribution < -0.4 is 9.04 Å². The Balaban J connectivity index is 2.55. The maximum atomic E-state index is 13.0. The minimum Gasteiger partial charge on any atom is -0.495 e. The molecule has 0 N–H and O–H groups in total. The van der Waals surface area contributed by atoms with Crippen LogP contribution in [-0.4, -0.2) is 22.1 Å². The summed E-state index contributed by atoms with van der Waals surface area (Å²) in [5.74, 6) is 0.278. The monoisotopic (exact) mass is 405 g/mol.